The Labute approximate surface area is 231 Å². The molecule has 3 aromatic carbocycles. The summed E-state index contributed by atoms with van der Waals surface area (Å²) in [6, 6.07) is 22.5. The molecule has 39 heavy (non-hydrogen) atoms. The van der Waals surface area contributed by atoms with Gasteiger partial charge in [-0.3, -0.25) is 9.69 Å². The molecule has 204 valence electrons. The summed E-state index contributed by atoms with van der Waals surface area (Å²) in [6.45, 7) is 3.91. The maximum atomic E-state index is 13.2. The van der Waals surface area contributed by atoms with Crippen molar-refractivity contribution >= 4 is 11.9 Å². The molecule has 2 bridgehead atoms. The normalized spacial score (nSPS) is 17.2. The van der Waals surface area contributed by atoms with Gasteiger partial charge in [0.2, 0.25) is 0 Å². The average molecular weight is 527 g/mol. The number of hydrogen-bond donors (Lipinski definition) is 2. The molecule has 0 saturated heterocycles. The van der Waals surface area contributed by atoms with Crippen molar-refractivity contribution in [3.8, 4) is 5.75 Å². The largest absolute Gasteiger partial charge is 0.493 e. The number of carbonyl (C=O) groups is 2. The first kappa shape index (κ1) is 26.9. The van der Waals surface area contributed by atoms with Gasteiger partial charge in [-0.25, -0.2) is 4.79 Å². The molecule has 1 unspecified atom stereocenters. The Balaban J connectivity index is 1.35. The average Bonchev–Trinajstić information content (AvgIpc) is 3.75. The van der Waals surface area contributed by atoms with E-state index in [1.807, 2.05) is 42.5 Å². The first-order valence-electron chi connectivity index (χ1n) is 14.2. The highest BCUT2D eigenvalue weighted by molar-refractivity contribution is 5.97. The van der Waals surface area contributed by atoms with Crippen LogP contribution in [0.1, 0.15) is 64.7 Å². The van der Waals surface area contributed by atoms with Crippen molar-refractivity contribution in [2.45, 2.75) is 57.5 Å². The van der Waals surface area contributed by atoms with Crippen molar-refractivity contribution in [1.29, 1.82) is 0 Å². The van der Waals surface area contributed by atoms with E-state index in [9.17, 15) is 14.7 Å². The minimum Gasteiger partial charge on any atom is -0.493 e. The lowest BCUT2D eigenvalue weighted by Gasteiger charge is -2.23. The van der Waals surface area contributed by atoms with Crippen LogP contribution in [0.25, 0.3) is 0 Å². The number of carboxylic acids is 1. The molecule has 2 N–H and O–H groups in total. The van der Waals surface area contributed by atoms with E-state index in [1.165, 1.54) is 30.5 Å². The molecule has 6 heteroatoms. The maximum absolute atomic E-state index is 13.2. The van der Waals surface area contributed by atoms with Crippen molar-refractivity contribution in [3.63, 3.8) is 0 Å². The Morgan fingerprint density at radius 1 is 0.949 bits per heavy atom. The molecule has 1 amide bonds. The first-order valence-corrected chi connectivity index (χ1v) is 14.2. The molecule has 1 atom stereocenters. The van der Waals surface area contributed by atoms with Crippen LogP contribution >= 0.6 is 0 Å². The van der Waals surface area contributed by atoms with Crippen molar-refractivity contribution in [1.82, 2.24) is 10.2 Å². The molecule has 1 aliphatic heterocycles. The van der Waals surface area contributed by atoms with Gasteiger partial charge in [-0.05, 0) is 85.0 Å². The standard InChI is InChI=1S/C33H38N2O4/c36-32(34-30(33(37)38)20-24-8-3-1-4-9-24)28-14-15-31-29(21-28)19-26-10-7-11-27(18-26)23-35(22-25-12-13-25)16-5-2-6-17-39-31/h1,3-4,7-11,14-15,18,21,25,30H,2,5-6,12-13,16-17,19-20,22-23H2,(H,34,36)(H,37,38). The number of carbonyl (C=O) groups excluding carboxylic acids is 1. The second-order valence-corrected chi connectivity index (χ2v) is 11.0. The van der Waals surface area contributed by atoms with Crippen molar-refractivity contribution in [2.75, 3.05) is 19.7 Å². The molecule has 1 saturated carbocycles. The number of amides is 1. The van der Waals surface area contributed by atoms with Gasteiger partial charge in [-0.15, -0.1) is 0 Å². The van der Waals surface area contributed by atoms with Gasteiger partial charge in [0.25, 0.3) is 5.91 Å². The number of nitrogens with one attached hydrogen (secondary N) is 1. The summed E-state index contributed by atoms with van der Waals surface area (Å²) < 4.78 is 6.20. The fourth-order valence-electron chi connectivity index (χ4n) is 5.30. The summed E-state index contributed by atoms with van der Waals surface area (Å²) in [6.07, 6.45) is 6.85. The number of carboxylic acid groups (broad SMARTS) is 1. The van der Waals surface area contributed by atoms with Crippen LogP contribution in [0.5, 0.6) is 5.75 Å². The molecule has 0 radical (unpaired) electrons. The summed E-state index contributed by atoms with van der Waals surface area (Å²) >= 11 is 0. The number of nitrogens with zero attached hydrogens (tertiary/aromatic N) is 1. The van der Waals surface area contributed by atoms with Crippen LogP contribution in [0.4, 0.5) is 0 Å². The number of benzene rings is 3. The number of hydrogen-bond acceptors (Lipinski definition) is 4. The van der Waals surface area contributed by atoms with Crippen LogP contribution < -0.4 is 10.1 Å². The highest BCUT2D eigenvalue weighted by atomic mass is 16.5. The number of fused-ring (bicyclic) bond motifs is 3. The van der Waals surface area contributed by atoms with Gasteiger partial charge < -0.3 is 15.2 Å². The fourth-order valence-corrected chi connectivity index (χ4v) is 5.30. The third-order valence-corrected chi connectivity index (χ3v) is 7.59. The Morgan fingerprint density at radius 3 is 2.56 bits per heavy atom. The van der Waals surface area contributed by atoms with E-state index >= 15 is 0 Å². The Morgan fingerprint density at radius 2 is 1.77 bits per heavy atom. The van der Waals surface area contributed by atoms with Crippen molar-refractivity contribution in [3.05, 3.63) is 101 Å². The highest BCUT2D eigenvalue weighted by Crippen LogP contribution is 2.31. The van der Waals surface area contributed by atoms with Crippen LogP contribution in [0.2, 0.25) is 0 Å². The summed E-state index contributed by atoms with van der Waals surface area (Å²) in [5.74, 6) is 0.190. The van der Waals surface area contributed by atoms with E-state index in [2.05, 4.69) is 34.5 Å². The molecule has 2 aliphatic rings. The monoisotopic (exact) mass is 526 g/mol. The van der Waals surface area contributed by atoms with Crippen molar-refractivity contribution < 1.29 is 19.4 Å². The van der Waals surface area contributed by atoms with Gasteiger partial charge in [-0.1, -0.05) is 54.6 Å². The maximum Gasteiger partial charge on any atom is 0.326 e. The lowest BCUT2D eigenvalue weighted by Crippen LogP contribution is -2.42. The van der Waals surface area contributed by atoms with Gasteiger partial charge in [0.15, 0.2) is 0 Å². The minimum absolute atomic E-state index is 0.223. The third-order valence-electron chi connectivity index (χ3n) is 7.59. The van der Waals surface area contributed by atoms with Crippen LogP contribution in [-0.2, 0) is 24.2 Å². The molecule has 0 aromatic heterocycles. The number of aliphatic carboxylic acids is 1. The second-order valence-electron chi connectivity index (χ2n) is 11.0. The summed E-state index contributed by atoms with van der Waals surface area (Å²) in [7, 11) is 0. The van der Waals surface area contributed by atoms with E-state index in [1.54, 1.807) is 6.07 Å². The van der Waals surface area contributed by atoms with E-state index in [0.29, 0.717) is 18.6 Å². The molecule has 5 rings (SSSR count). The van der Waals surface area contributed by atoms with Gasteiger partial charge >= 0.3 is 5.97 Å². The molecule has 1 heterocycles. The van der Waals surface area contributed by atoms with Crippen molar-refractivity contribution in [2.24, 2.45) is 5.92 Å². The SMILES string of the molecule is O=C(NC(Cc1ccccc1)C(=O)O)c1ccc2c(c1)Cc1cccc(c1)CN(CC1CC1)CCCCCO2. The third kappa shape index (κ3) is 7.93. The lowest BCUT2D eigenvalue weighted by molar-refractivity contribution is -0.139. The zero-order chi connectivity index (χ0) is 27.0. The second kappa shape index (κ2) is 12.9. The molecule has 1 aliphatic carbocycles. The zero-order valence-corrected chi connectivity index (χ0v) is 22.5. The predicted molar refractivity (Wildman–Crippen MR) is 152 cm³/mol. The van der Waals surface area contributed by atoms with Crippen LogP contribution in [0, 0.1) is 5.92 Å². The number of rotatable bonds is 7. The molecule has 0 spiro atoms. The first-order chi connectivity index (χ1) is 19.0. The topological polar surface area (TPSA) is 78.9 Å². The van der Waals surface area contributed by atoms with Crippen LogP contribution in [0.15, 0.2) is 72.8 Å². The smallest absolute Gasteiger partial charge is 0.326 e. The summed E-state index contributed by atoms with van der Waals surface area (Å²) in [4.78, 5) is 27.7. The number of ether oxygens (including phenoxy) is 1. The van der Waals surface area contributed by atoms with E-state index in [0.717, 1.165) is 55.1 Å². The summed E-state index contributed by atoms with van der Waals surface area (Å²) in [5.41, 5.74) is 4.71. The van der Waals surface area contributed by atoms with Crippen LogP contribution in [-0.4, -0.2) is 47.6 Å². The van der Waals surface area contributed by atoms with Gasteiger partial charge in [0, 0.05) is 31.5 Å². The minimum atomic E-state index is -1.05. The van der Waals surface area contributed by atoms with Crippen LogP contribution in [0.3, 0.4) is 0 Å². The Hall–Kier alpha value is -3.64. The van der Waals surface area contributed by atoms with Gasteiger partial charge in [0.1, 0.15) is 11.8 Å². The summed E-state index contributed by atoms with van der Waals surface area (Å²) in [5, 5.41) is 12.5. The van der Waals surface area contributed by atoms with E-state index in [4.69, 9.17) is 4.74 Å². The Bertz CT molecular complexity index is 1270. The molecular weight excluding hydrogens is 488 g/mol. The zero-order valence-electron chi connectivity index (χ0n) is 22.5. The molecule has 6 nitrogen and oxygen atoms in total. The molecule has 3 aromatic rings. The fraction of sp³-hybridized carbons (Fsp3) is 0.394. The van der Waals surface area contributed by atoms with Gasteiger partial charge in [0.05, 0.1) is 6.61 Å². The highest BCUT2D eigenvalue weighted by Gasteiger charge is 2.25. The van der Waals surface area contributed by atoms with E-state index in [-0.39, 0.29) is 6.42 Å². The van der Waals surface area contributed by atoms with Gasteiger partial charge in [-0.2, -0.15) is 0 Å². The molecular formula is C33H38N2O4. The predicted octanol–water partition coefficient (Wildman–Crippen LogP) is 5.48. The quantitative estimate of drug-likeness (QED) is 0.426. The van der Waals surface area contributed by atoms with E-state index < -0.39 is 17.9 Å². The lowest BCUT2D eigenvalue weighted by atomic mass is 9.99. The molecule has 1 fully saturated rings. The Kier molecular flexibility index (Phi) is 8.94.